The summed E-state index contributed by atoms with van der Waals surface area (Å²) < 4.78 is 10.6. The summed E-state index contributed by atoms with van der Waals surface area (Å²) in [5.41, 5.74) is 2.40. The standard InChI is InChI=1S/C17H12N4O3/c1-10-15-12(16(22)19-11-4-2-6-18-9-11)8-13(14-5-3-7-23-14)20-17(15)24-21-10/h2-9H,1H3,(H,19,22). The maximum absolute atomic E-state index is 12.7. The molecule has 0 aromatic carbocycles. The van der Waals surface area contributed by atoms with Gasteiger partial charge in [0.05, 0.1) is 34.8 Å². The van der Waals surface area contributed by atoms with E-state index in [-0.39, 0.29) is 11.6 Å². The number of furan rings is 1. The predicted molar refractivity (Wildman–Crippen MR) is 86.4 cm³/mol. The van der Waals surface area contributed by atoms with E-state index in [9.17, 15) is 4.79 Å². The van der Waals surface area contributed by atoms with Crippen molar-refractivity contribution in [1.29, 1.82) is 0 Å². The fraction of sp³-hybridized carbons (Fsp3) is 0.0588. The minimum absolute atomic E-state index is 0.290. The van der Waals surface area contributed by atoms with Crippen molar-refractivity contribution in [2.75, 3.05) is 5.32 Å². The summed E-state index contributed by atoms with van der Waals surface area (Å²) in [6.07, 6.45) is 4.76. The second-order valence-corrected chi connectivity index (χ2v) is 5.18. The van der Waals surface area contributed by atoms with Crippen molar-refractivity contribution in [2.45, 2.75) is 6.92 Å². The molecule has 4 aromatic rings. The van der Waals surface area contributed by atoms with Crippen molar-refractivity contribution in [3.63, 3.8) is 0 Å². The van der Waals surface area contributed by atoms with Gasteiger partial charge in [0.1, 0.15) is 5.69 Å². The zero-order valence-electron chi connectivity index (χ0n) is 12.7. The van der Waals surface area contributed by atoms with Gasteiger partial charge >= 0.3 is 0 Å². The third kappa shape index (κ3) is 2.41. The van der Waals surface area contributed by atoms with Crippen LogP contribution in [-0.4, -0.2) is 21.0 Å². The van der Waals surface area contributed by atoms with Gasteiger partial charge in [-0.15, -0.1) is 0 Å². The van der Waals surface area contributed by atoms with E-state index < -0.39 is 0 Å². The molecule has 7 heteroatoms. The minimum Gasteiger partial charge on any atom is -0.463 e. The molecule has 0 aliphatic carbocycles. The lowest BCUT2D eigenvalue weighted by Gasteiger charge is -2.07. The molecule has 0 saturated heterocycles. The van der Waals surface area contributed by atoms with Gasteiger partial charge in [0.15, 0.2) is 5.76 Å². The summed E-state index contributed by atoms with van der Waals surface area (Å²) in [5, 5.41) is 7.29. The SMILES string of the molecule is Cc1noc2nc(-c3ccco3)cc(C(=O)Nc3cccnc3)c12. The van der Waals surface area contributed by atoms with Gasteiger partial charge in [-0.2, -0.15) is 0 Å². The molecular weight excluding hydrogens is 308 g/mol. The zero-order chi connectivity index (χ0) is 16.5. The summed E-state index contributed by atoms with van der Waals surface area (Å²) in [6, 6.07) is 8.69. The summed E-state index contributed by atoms with van der Waals surface area (Å²) in [6.45, 7) is 1.76. The number of aryl methyl sites for hydroxylation is 1. The first-order chi connectivity index (χ1) is 11.7. The van der Waals surface area contributed by atoms with Gasteiger partial charge in [-0.25, -0.2) is 4.98 Å². The molecule has 7 nitrogen and oxygen atoms in total. The fourth-order valence-corrected chi connectivity index (χ4v) is 2.46. The lowest BCUT2D eigenvalue weighted by Crippen LogP contribution is -2.13. The van der Waals surface area contributed by atoms with Gasteiger partial charge in [0.25, 0.3) is 11.6 Å². The lowest BCUT2D eigenvalue weighted by molar-refractivity contribution is 0.102. The highest BCUT2D eigenvalue weighted by Crippen LogP contribution is 2.27. The van der Waals surface area contributed by atoms with Crippen LogP contribution < -0.4 is 5.32 Å². The van der Waals surface area contributed by atoms with Gasteiger partial charge in [-0.1, -0.05) is 5.16 Å². The van der Waals surface area contributed by atoms with Crippen molar-refractivity contribution >= 4 is 22.7 Å². The Morgan fingerprint density at radius 3 is 2.92 bits per heavy atom. The monoisotopic (exact) mass is 320 g/mol. The van der Waals surface area contributed by atoms with E-state index in [4.69, 9.17) is 8.94 Å². The number of carbonyl (C=O) groups excluding carboxylic acids is 1. The van der Waals surface area contributed by atoms with Crippen molar-refractivity contribution in [3.8, 4) is 11.5 Å². The van der Waals surface area contributed by atoms with Crippen LogP contribution in [0.3, 0.4) is 0 Å². The third-order valence-corrected chi connectivity index (χ3v) is 3.55. The Bertz CT molecular complexity index is 1010. The maximum Gasteiger partial charge on any atom is 0.259 e. The number of rotatable bonds is 3. The second-order valence-electron chi connectivity index (χ2n) is 5.18. The Morgan fingerprint density at radius 2 is 2.17 bits per heavy atom. The molecule has 0 aliphatic rings. The number of pyridine rings is 2. The fourth-order valence-electron chi connectivity index (χ4n) is 2.46. The van der Waals surface area contributed by atoms with Crippen LogP contribution in [0.25, 0.3) is 22.6 Å². The average molecular weight is 320 g/mol. The topological polar surface area (TPSA) is 94.0 Å². The first kappa shape index (κ1) is 14.1. The molecule has 4 rings (SSSR count). The van der Waals surface area contributed by atoms with Crippen molar-refractivity contribution in [1.82, 2.24) is 15.1 Å². The Kier molecular flexibility index (Phi) is 3.31. The van der Waals surface area contributed by atoms with Gasteiger partial charge < -0.3 is 14.3 Å². The van der Waals surface area contributed by atoms with Gasteiger partial charge in [-0.3, -0.25) is 9.78 Å². The lowest BCUT2D eigenvalue weighted by atomic mass is 10.1. The molecule has 0 atom stereocenters. The van der Waals surface area contributed by atoms with E-state index in [1.165, 1.54) is 0 Å². The van der Waals surface area contributed by atoms with Crippen LogP contribution in [0.2, 0.25) is 0 Å². The van der Waals surface area contributed by atoms with E-state index in [1.807, 2.05) is 0 Å². The van der Waals surface area contributed by atoms with Crippen molar-refractivity contribution in [2.24, 2.45) is 0 Å². The summed E-state index contributed by atoms with van der Waals surface area (Å²) in [5.74, 6) is 0.246. The summed E-state index contributed by atoms with van der Waals surface area (Å²) in [7, 11) is 0. The summed E-state index contributed by atoms with van der Waals surface area (Å²) >= 11 is 0. The van der Waals surface area contributed by atoms with Gasteiger partial charge in [0, 0.05) is 6.20 Å². The summed E-state index contributed by atoms with van der Waals surface area (Å²) in [4.78, 5) is 21.1. The highest BCUT2D eigenvalue weighted by atomic mass is 16.5. The number of aromatic nitrogens is 3. The Balaban J connectivity index is 1.83. The average Bonchev–Trinajstić information content (AvgIpc) is 3.25. The molecule has 4 aromatic heterocycles. The second kappa shape index (κ2) is 5.62. The van der Waals surface area contributed by atoms with Gasteiger partial charge in [0.2, 0.25) is 0 Å². The molecular formula is C17H12N4O3. The number of hydrogen-bond acceptors (Lipinski definition) is 6. The van der Waals surface area contributed by atoms with E-state index in [2.05, 4.69) is 20.4 Å². The van der Waals surface area contributed by atoms with Crippen LogP contribution in [0.15, 0.2) is 57.9 Å². The van der Waals surface area contributed by atoms with Crippen molar-refractivity contribution in [3.05, 3.63) is 60.2 Å². The van der Waals surface area contributed by atoms with Crippen LogP contribution in [0.5, 0.6) is 0 Å². The van der Waals surface area contributed by atoms with Crippen LogP contribution in [0, 0.1) is 6.92 Å². The number of nitrogens with zero attached hydrogens (tertiary/aromatic N) is 3. The van der Waals surface area contributed by atoms with Crippen LogP contribution >= 0.6 is 0 Å². The van der Waals surface area contributed by atoms with E-state index in [0.717, 1.165) is 0 Å². The normalized spacial score (nSPS) is 10.9. The molecule has 4 heterocycles. The minimum atomic E-state index is -0.297. The molecule has 0 aliphatic heterocycles. The molecule has 0 fully saturated rings. The number of amides is 1. The molecule has 0 saturated carbocycles. The van der Waals surface area contributed by atoms with Crippen LogP contribution in [-0.2, 0) is 0 Å². The van der Waals surface area contributed by atoms with E-state index >= 15 is 0 Å². The Hall–Kier alpha value is -3.48. The molecule has 0 spiro atoms. The quantitative estimate of drug-likeness (QED) is 0.621. The molecule has 1 N–H and O–H groups in total. The molecule has 118 valence electrons. The first-order valence-electron chi connectivity index (χ1n) is 7.24. The maximum atomic E-state index is 12.7. The molecule has 0 unspecified atom stereocenters. The smallest absolute Gasteiger partial charge is 0.259 e. The van der Waals surface area contributed by atoms with E-state index in [0.29, 0.717) is 33.8 Å². The van der Waals surface area contributed by atoms with Crippen LogP contribution in [0.1, 0.15) is 16.1 Å². The predicted octanol–water partition coefficient (Wildman–Crippen LogP) is 3.44. The van der Waals surface area contributed by atoms with Crippen LogP contribution in [0.4, 0.5) is 5.69 Å². The zero-order valence-corrected chi connectivity index (χ0v) is 12.7. The molecule has 0 radical (unpaired) electrons. The number of carbonyl (C=O) groups is 1. The Labute approximate surface area is 136 Å². The number of nitrogens with one attached hydrogen (secondary N) is 1. The third-order valence-electron chi connectivity index (χ3n) is 3.55. The first-order valence-corrected chi connectivity index (χ1v) is 7.24. The number of hydrogen-bond donors (Lipinski definition) is 1. The Morgan fingerprint density at radius 1 is 1.25 bits per heavy atom. The van der Waals surface area contributed by atoms with Gasteiger partial charge in [-0.05, 0) is 37.3 Å². The number of anilines is 1. The van der Waals surface area contributed by atoms with Crippen molar-refractivity contribution < 1.29 is 13.7 Å². The molecule has 0 bridgehead atoms. The molecule has 24 heavy (non-hydrogen) atoms. The highest BCUT2D eigenvalue weighted by Gasteiger charge is 2.20. The molecule has 1 amide bonds. The van der Waals surface area contributed by atoms with E-state index in [1.54, 1.807) is 55.9 Å². The highest BCUT2D eigenvalue weighted by molar-refractivity contribution is 6.12. The largest absolute Gasteiger partial charge is 0.463 e. The number of fused-ring (bicyclic) bond motifs is 1.